The molecule has 5 rings (SSSR count). The third kappa shape index (κ3) is 2.82. The van der Waals surface area contributed by atoms with Crippen LogP contribution in [0.15, 0.2) is 59.9 Å². The Morgan fingerprint density at radius 1 is 1.20 bits per heavy atom. The molecule has 0 amide bonds. The SMILES string of the molecule is C[C@H](Nc1ncnc2[nH]cc(F)c12)c1cc2ncc(Cl)n2c(=O)n1-c1ccccc1. The van der Waals surface area contributed by atoms with Crippen molar-refractivity contribution in [2.45, 2.75) is 13.0 Å². The number of nitrogens with zero attached hydrogens (tertiary/aromatic N) is 5. The fraction of sp³-hybridized carbons (Fsp3) is 0.100. The summed E-state index contributed by atoms with van der Waals surface area (Å²) in [5.74, 6) is -0.143. The smallest absolute Gasteiger partial charge is 0.339 e. The topological polar surface area (TPSA) is 92.9 Å². The van der Waals surface area contributed by atoms with Crippen molar-refractivity contribution in [1.82, 2.24) is 28.9 Å². The summed E-state index contributed by atoms with van der Waals surface area (Å²) in [5, 5.41) is 3.67. The first kappa shape index (κ1) is 18.3. The molecule has 0 aliphatic carbocycles. The first-order valence-corrected chi connectivity index (χ1v) is 9.51. The summed E-state index contributed by atoms with van der Waals surface area (Å²) in [4.78, 5) is 28.5. The van der Waals surface area contributed by atoms with Crippen LogP contribution in [0.2, 0.25) is 5.15 Å². The Morgan fingerprint density at radius 2 is 2.00 bits per heavy atom. The number of para-hydroxylation sites is 1. The molecule has 1 atom stereocenters. The zero-order chi connectivity index (χ0) is 20.8. The lowest BCUT2D eigenvalue weighted by Crippen LogP contribution is -2.30. The number of halogens is 2. The maximum atomic E-state index is 14.2. The van der Waals surface area contributed by atoms with Crippen molar-refractivity contribution in [2.24, 2.45) is 0 Å². The van der Waals surface area contributed by atoms with Gasteiger partial charge in [0.25, 0.3) is 0 Å². The number of aromatic amines is 1. The first-order chi connectivity index (χ1) is 14.5. The Bertz CT molecular complexity index is 1440. The number of benzene rings is 1. The maximum Gasteiger partial charge on any atom is 0.339 e. The number of hydrogen-bond acceptors (Lipinski definition) is 5. The minimum Gasteiger partial charge on any atom is -0.361 e. The Balaban J connectivity index is 1.69. The van der Waals surface area contributed by atoms with Crippen molar-refractivity contribution in [2.75, 3.05) is 5.32 Å². The molecule has 4 heterocycles. The van der Waals surface area contributed by atoms with Gasteiger partial charge in [-0.3, -0.25) is 4.57 Å². The van der Waals surface area contributed by atoms with Gasteiger partial charge < -0.3 is 10.3 Å². The second-order valence-corrected chi connectivity index (χ2v) is 7.13. The molecule has 30 heavy (non-hydrogen) atoms. The van der Waals surface area contributed by atoms with Gasteiger partial charge >= 0.3 is 5.69 Å². The van der Waals surface area contributed by atoms with E-state index in [-0.39, 0.29) is 16.2 Å². The van der Waals surface area contributed by atoms with Crippen LogP contribution in [0.1, 0.15) is 18.7 Å². The molecule has 0 spiro atoms. The summed E-state index contributed by atoms with van der Waals surface area (Å²) in [6.45, 7) is 1.85. The molecule has 0 saturated carbocycles. The summed E-state index contributed by atoms with van der Waals surface area (Å²) < 4.78 is 17.1. The number of H-pyrrole nitrogens is 1. The minimum atomic E-state index is -0.462. The maximum absolute atomic E-state index is 14.2. The van der Waals surface area contributed by atoms with Crippen LogP contribution in [0.25, 0.3) is 22.4 Å². The van der Waals surface area contributed by atoms with Crippen LogP contribution in [0, 0.1) is 5.82 Å². The molecule has 1 aromatic carbocycles. The van der Waals surface area contributed by atoms with Gasteiger partial charge in [0.1, 0.15) is 28.6 Å². The van der Waals surface area contributed by atoms with E-state index in [1.54, 1.807) is 10.6 Å². The summed E-state index contributed by atoms with van der Waals surface area (Å²) in [6.07, 6.45) is 4.00. The highest BCUT2D eigenvalue weighted by molar-refractivity contribution is 6.29. The number of nitrogens with one attached hydrogen (secondary N) is 2. The van der Waals surface area contributed by atoms with Crippen molar-refractivity contribution in [3.63, 3.8) is 0 Å². The van der Waals surface area contributed by atoms with Gasteiger partial charge in [0.2, 0.25) is 0 Å². The van der Waals surface area contributed by atoms with Gasteiger partial charge in [-0.2, -0.15) is 0 Å². The van der Waals surface area contributed by atoms with Gasteiger partial charge in [-0.1, -0.05) is 29.8 Å². The van der Waals surface area contributed by atoms with Crippen molar-refractivity contribution in [1.29, 1.82) is 0 Å². The zero-order valence-corrected chi connectivity index (χ0v) is 16.4. The number of hydrogen-bond donors (Lipinski definition) is 2. The van der Waals surface area contributed by atoms with Crippen LogP contribution in [-0.2, 0) is 0 Å². The zero-order valence-electron chi connectivity index (χ0n) is 15.7. The predicted molar refractivity (Wildman–Crippen MR) is 112 cm³/mol. The van der Waals surface area contributed by atoms with Gasteiger partial charge in [-0.15, -0.1) is 0 Å². The summed E-state index contributed by atoms with van der Waals surface area (Å²) in [7, 11) is 0. The molecule has 2 N–H and O–H groups in total. The predicted octanol–water partition coefficient (Wildman–Crippen LogP) is 3.72. The van der Waals surface area contributed by atoms with E-state index in [0.717, 1.165) is 0 Å². The Hall–Kier alpha value is -3.72. The molecular formula is C20H15ClFN7O. The third-order valence-corrected chi connectivity index (χ3v) is 5.16. The van der Waals surface area contributed by atoms with Crippen LogP contribution in [0.3, 0.4) is 0 Å². The monoisotopic (exact) mass is 423 g/mol. The molecule has 0 radical (unpaired) electrons. The molecule has 8 nitrogen and oxygen atoms in total. The lowest BCUT2D eigenvalue weighted by molar-refractivity contribution is 0.639. The summed E-state index contributed by atoms with van der Waals surface area (Å²) >= 11 is 6.18. The van der Waals surface area contributed by atoms with Crippen LogP contribution in [0.4, 0.5) is 10.2 Å². The van der Waals surface area contributed by atoms with E-state index in [1.807, 2.05) is 37.3 Å². The van der Waals surface area contributed by atoms with Gasteiger partial charge in [0.15, 0.2) is 5.82 Å². The summed E-state index contributed by atoms with van der Waals surface area (Å²) in [6, 6.07) is 10.5. The normalized spacial score (nSPS) is 12.5. The van der Waals surface area contributed by atoms with Crippen LogP contribution < -0.4 is 11.0 Å². The second kappa shape index (κ2) is 6.96. The van der Waals surface area contributed by atoms with E-state index >= 15 is 0 Å². The van der Waals surface area contributed by atoms with E-state index in [9.17, 15) is 9.18 Å². The highest BCUT2D eigenvalue weighted by atomic mass is 35.5. The highest BCUT2D eigenvalue weighted by Gasteiger charge is 2.20. The average Bonchev–Trinajstić information content (AvgIpc) is 3.32. The Morgan fingerprint density at radius 3 is 2.80 bits per heavy atom. The highest BCUT2D eigenvalue weighted by Crippen LogP contribution is 2.27. The number of rotatable bonds is 4. The summed E-state index contributed by atoms with van der Waals surface area (Å²) in [5.41, 5.74) is 1.72. The van der Waals surface area contributed by atoms with Crippen molar-refractivity contribution in [3.8, 4) is 5.69 Å². The van der Waals surface area contributed by atoms with Gasteiger partial charge in [-0.05, 0) is 19.1 Å². The third-order valence-electron chi connectivity index (χ3n) is 4.90. The molecular weight excluding hydrogens is 409 g/mol. The van der Waals surface area contributed by atoms with Crippen molar-refractivity contribution in [3.05, 3.63) is 82.3 Å². The molecule has 5 aromatic rings. The Labute approximate surface area is 174 Å². The van der Waals surface area contributed by atoms with Crippen molar-refractivity contribution < 1.29 is 4.39 Å². The molecule has 0 aliphatic rings. The van der Waals surface area contributed by atoms with Crippen LogP contribution in [0.5, 0.6) is 0 Å². The van der Waals surface area contributed by atoms with Crippen LogP contribution in [-0.4, -0.2) is 28.9 Å². The fourth-order valence-electron chi connectivity index (χ4n) is 3.51. The van der Waals surface area contributed by atoms with E-state index in [4.69, 9.17) is 11.6 Å². The quantitative estimate of drug-likeness (QED) is 0.459. The minimum absolute atomic E-state index is 0.221. The van der Waals surface area contributed by atoms with Crippen molar-refractivity contribution >= 4 is 34.1 Å². The van der Waals surface area contributed by atoms with Gasteiger partial charge in [-0.25, -0.2) is 28.5 Å². The van der Waals surface area contributed by atoms with E-state index in [1.165, 1.54) is 23.1 Å². The fourth-order valence-corrected chi connectivity index (χ4v) is 3.72. The van der Waals surface area contributed by atoms with Crippen LogP contribution >= 0.6 is 11.6 Å². The molecule has 150 valence electrons. The number of imidazole rings is 1. The Kier molecular flexibility index (Phi) is 4.25. The molecule has 4 aromatic heterocycles. The standard InChI is InChI=1S/C20H15ClFN7O/c1-11(27-19-17-13(22)8-24-18(17)25-10-26-19)14-7-16-23-9-15(21)29(16)20(30)28(14)12-5-3-2-4-6-12/h2-11H,1H3,(H2,24,25,26,27)/t11-/m0/s1. The first-order valence-electron chi connectivity index (χ1n) is 9.13. The van der Waals surface area contributed by atoms with Gasteiger partial charge in [0, 0.05) is 12.3 Å². The molecule has 0 aliphatic heterocycles. The number of aromatic nitrogens is 6. The average molecular weight is 424 g/mol. The van der Waals surface area contributed by atoms with E-state index in [2.05, 4.69) is 25.3 Å². The molecule has 10 heteroatoms. The number of anilines is 1. The van der Waals surface area contributed by atoms with E-state index in [0.29, 0.717) is 28.5 Å². The lowest BCUT2D eigenvalue weighted by atomic mass is 10.2. The molecule has 0 saturated heterocycles. The largest absolute Gasteiger partial charge is 0.361 e. The molecule has 0 bridgehead atoms. The number of fused-ring (bicyclic) bond motifs is 2. The lowest BCUT2D eigenvalue weighted by Gasteiger charge is -2.21. The second-order valence-electron chi connectivity index (χ2n) is 6.75. The molecule has 0 fully saturated rings. The van der Waals surface area contributed by atoms with Gasteiger partial charge in [0.05, 0.1) is 29.0 Å². The molecule has 0 unspecified atom stereocenters. The van der Waals surface area contributed by atoms with E-state index < -0.39 is 11.9 Å².